The highest BCUT2D eigenvalue weighted by molar-refractivity contribution is 7.17. The molecule has 3 aromatic heterocycles. The lowest BCUT2D eigenvalue weighted by Crippen LogP contribution is -1.76. The summed E-state index contributed by atoms with van der Waals surface area (Å²) < 4.78 is 7.51. The summed E-state index contributed by atoms with van der Waals surface area (Å²) in [6.07, 6.45) is 0. The van der Waals surface area contributed by atoms with Crippen molar-refractivity contribution in [2.24, 2.45) is 0 Å². The quantitative estimate of drug-likeness (QED) is 0.339. The number of hydrogen-bond acceptors (Lipinski definition) is 2. The molecular weight excluding hydrogens is 350 g/mol. The first-order valence-corrected chi connectivity index (χ1v) is 9.81. The Kier molecular flexibility index (Phi) is 3.07. The summed E-state index contributed by atoms with van der Waals surface area (Å²) in [6, 6.07) is 27.7. The van der Waals surface area contributed by atoms with Gasteiger partial charge in [-0.3, -0.25) is 0 Å². The minimum atomic E-state index is 0.909. The van der Waals surface area contributed by atoms with Crippen LogP contribution in [0.2, 0.25) is 0 Å². The summed E-state index contributed by atoms with van der Waals surface area (Å²) in [5.74, 6) is 0.909. The molecule has 3 heterocycles. The highest BCUT2D eigenvalue weighted by Gasteiger charge is 2.10. The lowest BCUT2D eigenvalue weighted by molar-refractivity contribution is 0.632. The first-order chi connectivity index (χ1) is 13.3. The number of thiophene rings is 1. The fraction of sp³-hybridized carbons (Fsp3) is 0. The summed E-state index contributed by atoms with van der Waals surface area (Å²) in [7, 11) is 0. The van der Waals surface area contributed by atoms with Crippen LogP contribution in [0.25, 0.3) is 54.5 Å². The summed E-state index contributed by atoms with van der Waals surface area (Å²) in [5.41, 5.74) is 5.41. The minimum Gasteiger partial charge on any atom is -0.456 e. The van der Waals surface area contributed by atoms with Crippen LogP contribution in [-0.2, 0) is 0 Å². The predicted octanol–water partition coefficient (Wildman–Crippen LogP) is 7.46. The van der Waals surface area contributed by atoms with Gasteiger partial charge in [0.2, 0.25) is 0 Å². The van der Waals surface area contributed by atoms with Crippen molar-refractivity contribution in [3.8, 4) is 22.6 Å². The molecule has 6 rings (SSSR count). The van der Waals surface area contributed by atoms with Crippen LogP contribution in [-0.4, -0.2) is 4.98 Å². The number of aromatic nitrogens is 1. The number of fused-ring (bicyclic) bond motifs is 3. The van der Waals surface area contributed by atoms with E-state index in [1.807, 2.05) is 0 Å². The number of benzene rings is 3. The van der Waals surface area contributed by atoms with E-state index in [0.29, 0.717) is 0 Å². The number of furan rings is 1. The Bertz CT molecular complexity index is 1400. The van der Waals surface area contributed by atoms with Crippen molar-refractivity contribution in [2.75, 3.05) is 0 Å². The molecule has 0 saturated carbocycles. The van der Waals surface area contributed by atoms with Crippen molar-refractivity contribution in [2.45, 2.75) is 0 Å². The van der Waals surface area contributed by atoms with E-state index < -0.39 is 0 Å². The van der Waals surface area contributed by atoms with Crippen LogP contribution in [0, 0.1) is 0 Å². The van der Waals surface area contributed by atoms with Crippen LogP contribution >= 0.6 is 11.3 Å². The van der Waals surface area contributed by atoms with Crippen LogP contribution in [0.3, 0.4) is 0 Å². The van der Waals surface area contributed by atoms with Crippen molar-refractivity contribution in [3.63, 3.8) is 0 Å². The zero-order valence-electron chi connectivity index (χ0n) is 14.4. The van der Waals surface area contributed by atoms with Gasteiger partial charge in [0.05, 0.1) is 0 Å². The number of rotatable bonds is 2. The Morgan fingerprint density at radius 1 is 0.704 bits per heavy atom. The van der Waals surface area contributed by atoms with Crippen molar-refractivity contribution in [3.05, 3.63) is 84.2 Å². The SMILES string of the molecule is c1ccc2[nH]c(-c3ccc4cc(-c5ccc6sccc6c5)oc4c3)cc2c1. The third-order valence-electron chi connectivity index (χ3n) is 5.10. The molecule has 27 heavy (non-hydrogen) atoms. The molecule has 128 valence electrons. The van der Waals surface area contributed by atoms with Gasteiger partial charge in [0.15, 0.2) is 0 Å². The van der Waals surface area contributed by atoms with Crippen LogP contribution in [0.1, 0.15) is 0 Å². The average Bonchev–Trinajstić information content (AvgIpc) is 3.42. The molecule has 1 N–H and O–H groups in total. The van der Waals surface area contributed by atoms with E-state index in [0.717, 1.165) is 39.1 Å². The molecule has 3 heteroatoms. The zero-order valence-corrected chi connectivity index (χ0v) is 15.2. The van der Waals surface area contributed by atoms with Gasteiger partial charge in [0.1, 0.15) is 11.3 Å². The summed E-state index contributed by atoms with van der Waals surface area (Å²) >= 11 is 1.76. The van der Waals surface area contributed by atoms with E-state index in [9.17, 15) is 0 Å². The van der Waals surface area contributed by atoms with Gasteiger partial charge in [-0.15, -0.1) is 11.3 Å². The van der Waals surface area contributed by atoms with Gasteiger partial charge in [-0.1, -0.05) is 30.3 Å². The first kappa shape index (κ1) is 14.8. The van der Waals surface area contributed by atoms with E-state index in [1.54, 1.807) is 11.3 Å². The second-order valence-corrected chi connectivity index (χ2v) is 7.75. The van der Waals surface area contributed by atoms with Crippen molar-refractivity contribution in [1.82, 2.24) is 4.98 Å². The summed E-state index contributed by atoms with van der Waals surface area (Å²) in [5, 5.41) is 5.73. The second kappa shape index (κ2) is 5.60. The highest BCUT2D eigenvalue weighted by Crippen LogP contribution is 2.34. The van der Waals surface area contributed by atoms with Crippen LogP contribution < -0.4 is 0 Å². The first-order valence-electron chi connectivity index (χ1n) is 8.93. The van der Waals surface area contributed by atoms with Gasteiger partial charge in [0, 0.05) is 37.8 Å². The third kappa shape index (κ3) is 2.40. The Morgan fingerprint density at radius 2 is 1.63 bits per heavy atom. The third-order valence-corrected chi connectivity index (χ3v) is 6.00. The maximum absolute atomic E-state index is 6.21. The van der Waals surface area contributed by atoms with E-state index >= 15 is 0 Å². The molecular formula is C24H15NOS. The lowest BCUT2D eigenvalue weighted by atomic mass is 10.1. The van der Waals surface area contributed by atoms with E-state index in [4.69, 9.17) is 4.42 Å². The molecule has 0 bridgehead atoms. The molecule has 0 unspecified atom stereocenters. The number of H-pyrrole nitrogens is 1. The van der Waals surface area contributed by atoms with Gasteiger partial charge in [0.25, 0.3) is 0 Å². The number of nitrogens with one attached hydrogen (secondary N) is 1. The lowest BCUT2D eigenvalue weighted by Gasteiger charge is -1.98. The Balaban J connectivity index is 1.46. The van der Waals surface area contributed by atoms with Crippen LogP contribution in [0.4, 0.5) is 0 Å². The van der Waals surface area contributed by atoms with E-state index in [2.05, 4.69) is 89.2 Å². The van der Waals surface area contributed by atoms with Crippen LogP contribution in [0.15, 0.2) is 88.7 Å². The number of aromatic amines is 1. The highest BCUT2D eigenvalue weighted by atomic mass is 32.1. The van der Waals surface area contributed by atoms with Crippen LogP contribution in [0.5, 0.6) is 0 Å². The Hall–Kier alpha value is -3.30. The molecule has 0 saturated heterocycles. The molecule has 3 aromatic carbocycles. The molecule has 0 aliphatic rings. The molecule has 0 aliphatic heterocycles. The standard InChI is InChI=1S/C24H15NOS/c1-2-4-20-15(3-1)12-21(25-20)16-5-6-18-14-23(26-22(18)13-16)17-7-8-24-19(11-17)9-10-27-24/h1-14,25H. The smallest absolute Gasteiger partial charge is 0.135 e. The molecule has 0 atom stereocenters. The van der Waals surface area contributed by atoms with Gasteiger partial charge in [-0.2, -0.15) is 0 Å². The van der Waals surface area contributed by atoms with Crippen molar-refractivity contribution < 1.29 is 4.42 Å². The fourth-order valence-corrected chi connectivity index (χ4v) is 4.46. The maximum atomic E-state index is 6.21. The minimum absolute atomic E-state index is 0.909. The molecule has 0 fully saturated rings. The van der Waals surface area contributed by atoms with Crippen molar-refractivity contribution >= 4 is 43.3 Å². The number of para-hydroxylation sites is 1. The molecule has 2 nitrogen and oxygen atoms in total. The Labute approximate surface area is 159 Å². The molecule has 0 spiro atoms. The zero-order chi connectivity index (χ0) is 17.8. The number of hydrogen-bond donors (Lipinski definition) is 1. The van der Waals surface area contributed by atoms with E-state index in [-0.39, 0.29) is 0 Å². The van der Waals surface area contributed by atoms with Gasteiger partial charge in [-0.05, 0) is 59.3 Å². The van der Waals surface area contributed by atoms with Gasteiger partial charge in [-0.25, -0.2) is 0 Å². The molecule has 0 aliphatic carbocycles. The topological polar surface area (TPSA) is 28.9 Å². The monoisotopic (exact) mass is 365 g/mol. The average molecular weight is 365 g/mol. The molecule has 0 radical (unpaired) electrons. The Morgan fingerprint density at radius 3 is 2.59 bits per heavy atom. The largest absolute Gasteiger partial charge is 0.456 e. The maximum Gasteiger partial charge on any atom is 0.135 e. The predicted molar refractivity (Wildman–Crippen MR) is 114 cm³/mol. The summed E-state index contributed by atoms with van der Waals surface area (Å²) in [4.78, 5) is 3.49. The fourth-order valence-electron chi connectivity index (χ4n) is 3.69. The second-order valence-electron chi connectivity index (χ2n) is 6.81. The van der Waals surface area contributed by atoms with Crippen molar-refractivity contribution in [1.29, 1.82) is 0 Å². The van der Waals surface area contributed by atoms with Gasteiger partial charge < -0.3 is 9.40 Å². The van der Waals surface area contributed by atoms with E-state index in [1.165, 1.54) is 15.5 Å². The summed E-state index contributed by atoms with van der Waals surface area (Å²) in [6.45, 7) is 0. The normalized spacial score (nSPS) is 11.7. The molecule has 6 aromatic rings. The van der Waals surface area contributed by atoms with Gasteiger partial charge >= 0.3 is 0 Å². The molecule has 0 amide bonds.